The summed E-state index contributed by atoms with van der Waals surface area (Å²) in [5.74, 6) is -2.21. The average molecular weight is 389 g/mol. The predicted molar refractivity (Wildman–Crippen MR) is 98.7 cm³/mol. The van der Waals surface area contributed by atoms with E-state index in [0.29, 0.717) is 11.1 Å². The quantitative estimate of drug-likeness (QED) is 0.259. The number of anilines is 1. The number of carbonyl (C=O) groups is 2. The van der Waals surface area contributed by atoms with Crippen molar-refractivity contribution in [2.45, 2.75) is 25.6 Å². The van der Waals surface area contributed by atoms with Gasteiger partial charge in [-0.2, -0.15) is 0 Å². The Labute approximate surface area is 158 Å². The van der Waals surface area contributed by atoms with Crippen molar-refractivity contribution in [2.24, 2.45) is 5.16 Å². The summed E-state index contributed by atoms with van der Waals surface area (Å²) < 4.78 is 5.43. The molecule has 0 bridgehead atoms. The minimum Gasteiger partial charge on any atom is -0.535 e. The Bertz CT molecular complexity index is 944. The van der Waals surface area contributed by atoms with Crippen molar-refractivity contribution in [3.63, 3.8) is 0 Å². The number of nitrogens with two attached hydrogens (primary N) is 1. The van der Waals surface area contributed by atoms with Crippen LogP contribution in [0.4, 0.5) is 5.13 Å². The average Bonchev–Trinajstić information content (AvgIpc) is 3.02. The van der Waals surface area contributed by atoms with Gasteiger partial charge in [-0.05, 0) is 24.5 Å². The highest BCUT2D eigenvalue weighted by atomic mass is 32.1. The summed E-state index contributed by atoms with van der Waals surface area (Å²) in [5.41, 5.74) is 6.52. The van der Waals surface area contributed by atoms with Gasteiger partial charge in [0.25, 0.3) is 0 Å². The van der Waals surface area contributed by atoms with Gasteiger partial charge in [0.1, 0.15) is 17.0 Å². The third-order valence-corrected chi connectivity index (χ3v) is 5.04. The topological polar surface area (TPSA) is 155 Å². The number of hydrogen-bond donors (Lipinski definition) is 4. The van der Waals surface area contributed by atoms with Crippen LogP contribution in [0.15, 0.2) is 22.7 Å². The molecule has 0 saturated carbocycles. The number of fused-ring (bicyclic) bond motifs is 1. The van der Waals surface area contributed by atoms with Gasteiger partial charge in [0.2, 0.25) is 0 Å². The van der Waals surface area contributed by atoms with Crippen LogP contribution in [0, 0.1) is 6.92 Å². The first-order valence-corrected chi connectivity index (χ1v) is 8.87. The van der Waals surface area contributed by atoms with Crippen LogP contribution < -0.4 is 10.4 Å². The number of thiazole rings is 1. The number of aromatic carboxylic acids is 1. The van der Waals surface area contributed by atoms with Crippen LogP contribution in [-0.4, -0.2) is 44.9 Å². The first-order valence-electron chi connectivity index (χ1n) is 7.99. The lowest BCUT2D eigenvalue weighted by molar-refractivity contribution is -0.113. The second-order valence-electron chi connectivity index (χ2n) is 6.17. The lowest BCUT2D eigenvalue weighted by Gasteiger charge is -2.28. The Kier molecular flexibility index (Phi) is 5.15. The number of carbonyl (C=O) groups excluding carboxylic acids is 1. The fourth-order valence-corrected chi connectivity index (χ4v) is 3.59. The zero-order chi connectivity index (χ0) is 19.7. The van der Waals surface area contributed by atoms with E-state index in [1.807, 2.05) is 0 Å². The molecule has 140 valence electrons. The highest BCUT2D eigenvalue weighted by Crippen LogP contribution is 2.37. The summed E-state index contributed by atoms with van der Waals surface area (Å²) in [6.07, 6.45) is 0.0639. The van der Waals surface area contributed by atoms with E-state index in [9.17, 15) is 24.9 Å². The summed E-state index contributed by atoms with van der Waals surface area (Å²) >= 11 is 1.10. The number of rotatable bonds is 5. The molecule has 1 aromatic heterocycles. The van der Waals surface area contributed by atoms with Gasteiger partial charge in [0, 0.05) is 17.6 Å². The van der Waals surface area contributed by atoms with E-state index in [0.717, 1.165) is 11.3 Å². The molecule has 0 radical (unpaired) electrons. The molecular formula is C16H16BN3O6S. The van der Waals surface area contributed by atoms with Crippen molar-refractivity contribution in [1.29, 1.82) is 0 Å². The number of hydrogen-bond acceptors (Lipinski definition) is 9. The molecule has 0 spiro atoms. The molecular weight excluding hydrogens is 373 g/mol. The summed E-state index contributed by atoms with van der Waals surface area (Å²) in [6.45, 7) is 1.64. The first-order chi connectivity index (χ1) is 12.8. The third-order valence-electron chi connectivity index (χ3n) is 4.36. The van der Waals surface area contributed by atoms with Crippen molar-refractivity contribution in [3.8, 4) is 5.75 Å². The van der Waals surface area contributed by atoms with Crippen LogP contribution in [0.2, 0.25) is 5.82 Å². The summed E-state index contributed by atoms with van der Waals surface area (Å²) in [6, 6.07) is 3.36. The number of carboxylic acid groups (broad SMARTS) is 1. The van der Waals surface area contributed by atoms with Crippen LogP contribution in [0.5, 0.6) is 5.75 Å². The number of benzene rings is 1. The molecule has 0 aliphatic carbocycles. The fraction of sp³-hybridized carbons (Fsp3) is 0.250. The number of nitrogen functional groups attached to an aromatic ring is 1. The number of nitrogens with zero attached hydrogens (tertiary/aromatic N) is 2. The number of ketones is 1. The third kappa shape index (κ3) is 3.64. The molecule has 9 nitrogen and oxygen atoms in total. The van der Waals surface area contributed by atoms with Crippen LogP contribution in [0.25, 0.3) is 0 Å². The van der Waals surface area contributed by atoms with Gasteiger partial charge in [-0.25, -0.2) is 9.78 Å². The zero-order valence-corrected chi connectivity index (χ0v) is 15.1. The molecule has 1 aliphatic rings. The number of aromatic nitrogens is 1. The van der Waals surface area contributed by atoms with E-state index in [-0.39, 0.29) is 40.7 Å². The fourth-order valence-electron chi connectivity index (χ4n) is 3.04. The molecule has 3 rings (SSSR count). The highest BCUT2D eigenvalue weighted by Gasteiger charge is 2.39. The number of carboxylic acids is 1. The van der Waals surface area contributed by atoms with E-state index in [1.165, 1.54) is 5.38 Å². The predicted octanol–water partition coefficient (Wildman–Crippen LogP) is 1.36. The second-order valence-corrected chi connectivity index (χ2v) is 7.06. The molecule has 0 amide bonds. The molecule has 1 aliphatic heterocycles. The molecule has 1 atom stereocenters. The smallest absolute Gasteiger partial charge is 0.526 e. The molecule has 0 saturated heterocycles. The van der Waals surface area contributed by atoms with E-state index >= 15 is 0 Å². The van der Waals surface area contributed by atoms with Gasteiger partial charge in [0.05, 0.1) is 0 Å². The molecule has 11 heteroatoms. The Hall–Kier alpha value is -2.92. The van der Waals surface area contributed by atoms with Gasteiger partial charge in [-0.3, -0.25) is 4.79 Å². The minimum absolute atomic E-state index is 0.00751. The maximum atomic E-state index is 12.5. The summed E-state index contributed by atoms with van der Waals surface area (Å²) in [7, 11) is -1.37. The summed E-state index contributed by atoms with van der Waals surface area (Å²) in [4.78, 5) is 27.9. The van der Waals surface area contributed by atoms with Crippen molar-refractivity contribution >= 4 is 41.1 Å². The van der Waals surface area contributed by atoms with Crippen LogP contribution >= 0.6 is 11.3 Å². The molecule has 5 N–H and O–H groups in total. The SMILES string of the molecule is Cc1ccc2c(c1C(=O)O)OB(O)[C@@H](CC(=O)/C(=N\O)c1csc(N)n1)C2. The maximum absolute atomic E-state index is 12.5. The van der Waals surface area contributed by atoms with Gasteiger partial charge in [-0.15, -0.1) is 11.3 Å². The lowest BCUT2D eigenvalue weighted by Crippen LogP contribution is -2.37. The standard InChI is InChI=1S/C16H16BN3O6S/c1-7-2-3-8-4-9(17(24)26-14(8)12(7)15(22)23)5-11(21)13(20-25)10-6-27-16(18)19-10/h2-3,6,9,24-25H,4-5H2,1H3,(H2,18,19)(H,22,23)/b20-13-/t9-/m1/s1. The Balaban J connectivity index is 1.83. The van der Waals surface area contributed by atoms with Gasteiger partial charge in [-0.1, -0.05) is 17.3 Å². The van der Waals surface area contributed by atoms with E-state index in [2.05, 4.69) is 10.1 Å². The largest absolute Gasteiger partial charge is 0.535 e. The van der Waals surface area contributed by atoms with Gasteiger partial charge >= 0.3 is 13.1 Å². The summed E-state index contributed by atoms with van der Waals surface area (Å²) in [5, 5.41) is 33.6. The number of aryl methyl sites for hydroxylation is 1. The minimum atomic E-state index is -1.37. The van der Waals surface area contributed by atoms with E-state index in [4.69, 9.17) is 10.4 Å². The second kappa shape index (κ2) is 7.37. The van der Waals surface area contributed by atoms with Crippen molar-refractivity contribution < 1.29 is 29.6 Å². The first kappa shape index (κ1) is 18.9. The highest BCUT2D eigenvalue weighted by molar-refractivity contribution is 7.13. The number of Topliss-reactive ketones (excluding diaryl/α,β-unsaturated/α-hetero) is 1. The monoisotopic (exact) mass is 389 g/mol. The van der Waals surface area contributed by atoms with Crippen molar-refractivity contribution in [3.05, 3.63) is 39.9 Å². The number of oxime groups is 1. The van der Waals surface area contributed by atoms with Crippen molar-refractivity contribution in [2.75, 3.05) is 5.73 Å². The molecule has 27 heavy (non-hydrogen) atoms. The molecule has 0 fully saturated rings. The molecule has 0 unspecified atom stereocenters. The molecule has 2 aromatic rings. The maximum Gasteiger partial charge on any atom is 0.526 e. The molecule has 2 heterocycles. The lowest BCUT2D eigenvalue weighted by atomic mass is 9.64. The molecule has 1 aromatic carbocycles. The Morgan fingerprint density at radius 1 is 1.48 bits per heavy atom. The Morgan fingerprint density at radius 2 is 2.22 bits per heavy atom. The van der Waals surface area contributed by atoms with Gasteiger partial charge < -0.3 is 25.7 Å². The van der Waals surface area contributed by atoms with Crippen molar-refractivity contribution in [1.82, 2.24) is 4.98 Å². The van der Waals surface area contributed by atoms with Crippen LogP contribution in [-0.2, 0) is 11.2 Å². The zero-order valence-electron chi connectivity index (χ0n) is 14.2. The van der Waals surface area contributed by atoms with Gasteiger partial charge in [0.15, 0.2) is 16.6 Å². The van der Waals surface area contributed by atoms with E-state index in [1.54, 1.807) is 19.1 Å². The normalized spacial score (nSPS) is 16.6. The van der Waals surface area contributed by atoms with E-state index < -0.39 is 24.7 Å². The van der Waals surface area contributed by atoms with Crippen LogP contribution in [0.1, 0.15) is 33.6 Å². The Morgan fingerprint density at radius 3 is 2.81 bits per heavy atom. The van der Waals surface area contributed by atoms with Crippen LogP contribution in [0.3, 0.4) is 0 Å².